The van der Waals surface area contributed by atoms with Crippen LogP contribution in [0.2, 0.25) is 0 Å². The van der Waals surface area contributed by atoms with Gasteiger partial charge in [-0.3, -0.25) is 4.79 Å². The molecule has 0 radical (unpaired) electrons. The number of amides is 1. The van der Waals surface area contributed by atoms with Crippen molar-refractivity contribution >= 4 is 17.5 Å². The minimum atomic E-state index is -0.0143. The lowest BCUT2D eigenvalue weighted by Crippen LogP contribution is -2.38. The van der Waals surface area contributed by atoms with Crippen molar-refractivity contribution in [2.24, 2.45) is 7.05 Å². The van der Waals surface area contributed by atoms with E-state index in [2.05, 4.69) is 24.8 Å². The van der Waals surface area contributed by atoms with Gasteiger partial charge in [0, 0.05) is 56.5 Å². The van der Waals surface area contributed by atoms with E-state index in [1.807, 2.05) is 54.7 Å². The highest BCUT2D eigenvalue weighted by Crippen LogP contribution is 2.27. The monoisotopic (exact) mass is 362 g/mol. The third-order valence-electron chi connectivity index (χ3n) is 4.93. The Bertz CT molecular complexity index is 898. The van der Waals surface area contributed by atoms with Crippen LogP contribution < -0.4 is 5.32 Å². The minimum Gasteiger partial charge on any atom is -0.339 e. The van der Waals surface area contributed by atoms with Gasteiger partial charge in [0.25, 0.3) is 5.91 Å². The van der Waals surface area contributed by atoms with Crippen LogP contribution in [-0.4, -0.2) is 43.4 Å². The second-order valence-electron chi connectivity index (χ2n) is 6.75. The summed E-state index contributed by atoms with van der Waals surface area (Å²) in [6, 6.07) is 9.71. The zero-order chi connectivity index (χ0) is 18.6. The van der Waals surface area contributed by atoms with E-state index in [-0.39, 0.29) is 5.91 Å². The summed E-state index contributed by atoms with van der Waals surface area (Å²) in [6.45, 7) is 1.45. The summed E-state index contributed by atoms with van der Waals surface area (Å²) in [5.74, 6) is 1.97. The number of nitrogens with zero attached hydrogens (tertiary/aromatic N) is 5. The molecule has 0 bridgehead atoms. The van der Waals surface area contributed by atoms with E-state index in [0.717, 1.165) is 37.4 Å². The van der Waals surface area contributed by atoms with Crippen molar-refractivity contribution in [1.29, 1.82) is 0 Å². The quantitative estimate of drug-likeness (QED) is 0.772. The lowest BCUT2D eigenvalue weighted by atomic mass is 9.95. The molecule has 0 unspecified atom stereocenters. The van der Waals surface area contributed by atoms with E-state index in [4.69, 9.17) is 0 Å². The molecule has 0 aliphatic carbocycles. The number of likely N-dealkylation sites (tertiary alicyclic amines) is 1. The molecular formula is C20H22N6O. The first kappa shape index (κ1) is 17.2. The van der Waals surface area contributed by atoms with Crippen LogP contribution in [0.5, 0.6) is 0 Å². The van der Waals surface area contributed by atoms with Crippen LogP contribution in [0.4, 0.5) is 11.6 Å². The number of benzene rings is 1. The lowest BCUT2D eigenvalue weighted by Gasteiger charge is -2.31. The molecule has 27 heavy (non-hydrogen) atoms. The summed E-state index contributed by atoms with van der Waals surface area (Å²) in [5.41, 5.74) is 1.43. The molecule has 4 rings (SSSR count). The van der Waals surface area contributed by atoms with Gasteiger partial charge in [0.05, 0.1) is 5.56 Å². The summed E-state index contributed by atoms with van der Waals surface area (Å²) in [4.78, 5) is 27.6. The van der Waals surface area contributed by atoms with Crippen LogP contribution in [0, 0.1) is 0 Å². The number of aromatic nitrogens is 4. The molecule has 1 fully saturated rings. The Morgan fingerprint density at radius 2 is 1.78 bits per heavy atom. The number of piperidine rings is 1. The lowest BCUT2D eigenvalue weighted by molar-refractivity contribution is 0.0709. The van der Waals surface area contributed by atoms with Crippen LogP contribution in [0.3, 0.4) is 0 Å². The molecule has 0 spiro atoms. The molecule has 7 nitrogen and oxygen atoms in total. The van der Waals surface area contributed by atoms with Gasteiger partial charge in [-0.2, -0.15) is 0 Å². The second kappa shape index (κ2) is 7.57. The summed E-state index contributed by atoms with van der Waals surface area (Å²) < 4.78 is 2.06. The van der Waals surface area contributed by atoms with Gasteiger partial charge in [-0.05, 0) is 25.0 Å². The van der Waals surface area contributed by atoms with Crippen molar-refractivity contribution in [3.05, 3.63) is 66.5 Å². The number of carbonyl (C=O) groups is 1. The van der Waals surface area contributed by atoms with E-state index in [0.29, 0.717) is 17.4 Å². The summed E-state index contributed by atoms with van der Waals surface area (Å²) in [7, 11) is 2.02. The van der Waals surface area contributed by atoms with E-state index in [1.165, 1.54) is 0 Å². The Morgan fingerprint density at radius 3 is 2.41 bits per heavy atom. The summed E-state index contributed by atoms with van der Waals surface area (Å²) in [5, 5.41) is 3.12. The molecule has 138 valence electrons. The maximum Gasteiger partial charge on any atom is 0.256 e. The first-order valence-electron chi connectivity index (χ1n) is 9.11. The maximum absolute atomic E-state index is 12.7. The molecule has 7 heteroatoms. The van der Waals surface area contributed by atoms with Crippen LogP contribution in [0.15, 0.2) is 55.1 Å². The van der Waals surface area contributed by atoms with Gasteiger partial charge < -0.3 is 14.8 Å². The predicted molar refractivity (Wildman–Crippen MR) is 103 cm³/mol. The Labute approximate surface area is 158 Å². The molecule has 0 saturated carbocycles. The SMILES string of the molecule is Cn1ccnc1C1CCN(C(=O)c2cnc(Nc3ccccc3)nc2)CC1. The van der Waals surface area contributed by atoms with Gasteiger partial charge in [-0.15, -0.1) is 0 Å². The van der Waals surface area contributed by atoms with Crippen molar-refractivity contribution in [3.63, 3.8) is 0 Å². The Hall–Kier alpha value is -3.22. The molecule has 1 N–H and O–H groups in total. The molecule has 1 aliphatic heterocycles. The molecule has 3 aromatic rings. The minimum absolute atomic E-state index is 0.0143. The van der Waals surface area contributed by atoms with E-state index in [9.17, 15) is 4.79 Å². The standard InChI is InChI=1S/C20H22N6O/c1-25-12-9-21-18(25)15-7-10-26(11-8-15)19(27)16-13-22-20(23-14-16)24-17-5-3-2-4-6-17/h2-6,9,12-15H,7-8,10-11H2,1H3,(H,22,23,24). The number of anilines is 2. The van der Waals surface area contributed by atoms with Crippen molar-refractivity contribution in [2.45, 2.75) is 18.8 Å². The van der Waals surface area contributed by atoms with Gasteiger partial charge >= 0.3 is 0 Å². The maximum atomic E-state index is 12.7. The first-order valence-corrected chi connectivity index (χ1v) is 9.11. The van der Waals surface area contributed by atoms with Gasteiger partial charge in [-0.1, -0.05) is 18.2 Å². The number of imidazole rings is 1. The molecular weight excluding hydrogens is 340 g/mol. The number of rotatable bonds is 4. The highest BCUT2D eigenvalue weighted by molar-refractivity contribution is 5.93. The second-order valence-corrected chi connectivity index (χ2v) is 6.75. The first-order chi connectivity index (χ1) is 13.2. The average molecular weight is 362 g/mol. The number of nitrogens with one attached hydrogen (secondary N) is 1. The van der Waals surface area contributed by atoms with Gasteiger partial charge in [0.15, 0.2) is 0 Å². The normalized spacial score (nSPS) is 14.9. The number of para-hydroxylation sites is 1. The van der Waals surface area contributed by atoms with Gasteiger partial charge in [0.1, 0.15) is 5.82 Å². The fraction of sp³-hybridized carbons (Fsp3) is 0.300. The highest BCUT2D eigenvalue weighted by Gasteiger charge is 2.26. The zero-order valence-corrected chi connectivity index (χ0v) is 15.2. The van der Waals surface area contributed by atoms with Crippen molar-refractivity contribution < 1.29 is 4.79 Å². The van der Waals surface area contributed by atoms with Crippen molar-refractivity contribution in [2.75, 3.05) is 18.4 Å². The number of aryl methyl sites for hydroxylation is 1. The zero-order valence-electron chi connectivity index (χ0n) is 15.2. The van der Waals surface area contributed by atoms with Crippen molar-refractivity contribution in [1.82, 2.24) is 24.4 Å². The van der Waals surface area contributed by atoms with E-state index in [1.54, 1.807) is 12.4 Å². The molecule has 3 heterocycles. The fourth-order valence-corrected chi connectivity index (χ4v) is 3.45. The third kappa shape index (κ3) is 3.81. The van der Waals surface area contributed by atoms with E-state index < -0.39 is 0 Å². The number of carbonyl (C=O) groups excluding carboxylic acids is 1. The van der Waals surface area contributed by atoms with Crippen molar-refractivity contribution in [3.8, 4) is 0 Å². The fourth-order valence-electron chi connectivity index (χ4n) is 3.45. The smallest absolute Gasteiger partial charge is 0.256 e. The Morgan fingerprint density at radius 1 is 1.07 bits per heavy atom. The van der Waals surface area contributed by atoms with Crippen LogP contribution in [-0.2, 0) is 7.05 Å². The molecule has 1 aliphatic rings. The van der Waals surface area contributed by atoms with Gasteiger partial charge in [-0.25, -0.2) is 15.0 Å². The number of hydrogen-bond donors (Lipinski definition) is 1. The largest absolute Gasteiger partial charge is 0.339 e. The third-order valence-corrected chi connectivity index (χ3v) is 4.93. The highest BCUT2D eigenvalue weighted by atomic mass is 16.2. The molecule has 2 aromatic heterocycles. The Balaban J connectivity index is 1.36. The van der Waals surface area contributed by atoms with Crippen LogP contribution in [0.25, 0.3) is 0 Å². The predicted octanol–water partition coefficient (Wildman–Crippen LogP) is 2.97. The topological polar surface area (TPSA) is 75.9 Å². The van der Waals surface area contributed by atoms with E-state index >= 15 is 0 Å². The van der Waals surface area contributed by atoms with Crippen LogP contribution >= 0.6 is 0 Å². The summed E-state index contributed by atoms with van der Waals surface area (Å²) in [6.07, 6.45) is 8.82. The molecule has 0 atom stereocenters. The van der Waals surface area contributed by atoms with Gasteiger partial charge in [0.2, 0.25) is 5.95 Å². The molecule has 1 aromatic carbocycles. The molecule has 1 saturated heterocycles. The average Bonchev–Trinajstić information content (AvgIpc) is 3.15. The number of hydrogen-bond acceptors (Lipinski definition) is 5. The van der Waals surface area contributed by atoms with Crippen LogP contribution in [0.1, 0.15) is 34.9 Å². The summed E-state index contributed by atoms with van der Waals surface area (Å²) >= 11 is 0. The molecule has 1 amide bonds. The Kier molecular flexibility index (Phi) is 4.82.